The third-order valence-electron chi connectivity index (χ3n) is 4.61. The molecule has 0 aliphatic heterocycles. The fourth-order valence-electron chi connectivity index (χ4n) is 2.97. The standard InChI is InChI=1S/C20H24FN3O3/c1-12(2)20(15-5-7-16(21)8-6-15)22-11-19(25)23-17-9-13(3)14(4)10-18(17)24(26)27/h5-10,12,20,22H,11H2,1-4H3,(H,23,25)/p+1/t20-/m0/s1. The summed E-state index contributed by atoms with van der Waals surface area (Å²) in [4.78, 5) is 23.1. The van der Waals surface area contributed by atoms with Gasteiger partial charge < -0.3 is 10.6 Å². The number of rotatable bonds is 7. The topological polar surface area (TPSA) is 88.8 Å². The molecule has 6 nitrogen and oxygen atoms in total. The van der Waals surface area contributed by atoms with E-state index in [4.69, 9.17) is 0 Å². The molecule has 0 radical (unpaired) electrons. The smallest absolute Gasteiger partial charge is 0.293 e. The molecule has 0 aliphatic carbocycles. The SMILES string of the molecule is Cc1cc(NC(=O)C[NH2+][C@H](c2ccc(F)cc2)C(C)C)c([N+](=O)[O-])cc1C. The summed E-state index contributed by atoms with van der Waals surface area (Å²) in [5, 5.41) is 15.8. The summed E-state index contributed by atoms with van der Waals surface area (Å²) in [6.07, 6.45) is 0. The van der Waals surface area contributed by atoms with E-state index in [-0.39, 0.29) is 41.6 Å². The summed E-state index contributed by atoms with van der Waals surface area (Å²) in [7, 11) is 0. The predicted molar refractivity (Wildman–Crippen MR) is 102 cm³/mol. The number of quaternary nitrogens is 1. The van der Waals surface area contributed by atoms with Gasteiger partial charge in [0.05, 0.1) is 4.92 Å². The molecule has 2 aromatic rings. The summed E-state index contributed by atoms with van der Waals surface area (Å²) < 4.78 is 13.1. The Morgan fingerprint density at radius 3 is 2.33 bits per heavy atom. The Kier molecular flexibility index (Phi) is 6.63. The van der Waals surface area contributed by atoms with Crippen molar-refractivity contribution in [2.24, 2.45) is 5.92 Å². The van der Waals surface area contributed by atoms with Gasteiger partial charge in [0.15, 0.2) is 6.54 Å². The van der Waals surface area contributed by atoms with Crippen LogP contribution >= 0.6 is 0 Å². The molecule has 144 valence electrons. The van der Waals surface area contributed by atoms with Gasteiger partial charge in [0.1, 0.15) is 17.5 Å². The van der Waals surface area contributed by atoms with E-state index < -0.39 is 4.92 Å². The molecule has 0 bridgehead atoms. The molecule has 0 heterocycles. The van der Waals surface area contributed by atoms with E-state index in [9.17, 15) is 19.3 Å². The van der Waals surface area contributed by atoms with Gasteiger partial charge >= 0.3 is 0 Å². The fraction of sp³-hybridized carbons (Fsp3) is 0.350. The van der Waals surface area contributed by atoms with Gasteiger partial charge in [-0.15, -0.1) is 0 Å². The number of halogens is 1. The summed E-state index contributed by atoms with van der Waals surface area (Å²) in [5.74, 6) is -0.408. The number of aryl methyl sites for hydroxylation is 2. The van der Waals surface area contributed by atoms with Gasteiger partial charge in [-0.2, -0.15) is 0 Å². The average molecular weight is 374 g/mol. The van der Waals surface area contributed by atoms with Crippen molar-refractivity contribution in [3.63, 3.8) is 0 Å². The van der Waals surface area contributed by atoms with Gasteiger partial charge in [0.2, 0.25) is 0 Å². The first-order valence-electron chi connectivity index (χ1n) is 8.83. The molecule has 2 aromatic carbocycles. The number of amides is 1. The van der Waals surface area contributed by atoms with Crippen LogP contribution in [0.4, 0.5) is 15.8 Å². The molecule has 0 spiro atoms. The largest absolute Gasteiger partial charge is 0.332 e. The number of hydrogen-bond acceptors (Lipinski definition) is 3. The molecule has 0 fully saturated rings. The van der Waals surface area contributed by atoms with E-state index in [2.05, 4.69) is 5.32 Å². The second kappa shape index (κ2) is 8.73. The van der Waals surface area contributed by atoms with Crippen LogP contribution in [0, 0.1) is 35.7 Å². The normalized spacial score (nSPS) is 12.1. The zero-order valence-electron chi connectivity index (χ0n) is 16.0. The zero-order valence-corrected chi connectivity index (χ0v) is 16.0. The molecule has 2 rings (SSSR count). The highest BCUT2D eigenvalue weighted by Crippen LogP contribution is 2.27. The molecule has 0 unspecified atom stereocenters. The summed E-state index contributed by atoms with van der Waals surface area (Å²) in [6, 6.07) is 9.28. The first-order chi connectivity index (χ1) is 12.7. The Morgan fingerprint density at radius 2 is 1.78 bits per heavy atom. The monoisotopic (exact) mass is 374 g/mol. The minimum absolute atomic E-state index is 0.0221. The van der Waals surface area contributed by atoms with E-state index in [1.54, 1.807) is 25.1 Å². The van der Waals surface area contributed by atoms with Crippen molar-refractivity contribution >= 4 is 17.3 Å². The summed E-state index contributed by atoms with van der Waals surface area (Å²) in [6.45, 7) is 7.78. The maximum Gasteiger partial charge on any atom is 0.293 e. The molecular formula is C20H25FN3O3+. The number of nitrogens with one attached hydrogen (secondary N) is 1. The number of carbonyl (C=O) groups excluding carboxylic acids is 1. The number of benzene rings is 2. The summed E-state index contributed by atoms with van der Waals surface area (Å²) >= 11 is 0. The molecule has 3 N–H and O–H groups in total. The second-order valence-corrected chi connectivity index (χ2v) is 7.02. The number of carbonyl (C=O) groups is 1. The van der Waals surface area contributed by atoms with E-state index in [0.29, 0.717) is 0 Å². The molecule has 0 aliphatic rings. The van der Waals surface area contributed by atoms with Crippen molar-refractivity contribution in [1.82, 2.24) is 0 Å². The second-order valence-electron chi connectivity index (χ2n) is 7.02. The van der Waals surface area contributed by atoms with Crippen LogP contribution in [-0.4, -0.2) is 17.4 Å². The Labute approximate surface area is 157 Å². The molecule has 1 atom stereocenters. The number of anilines is 1. The van der Waals surface area contributed by atoms with Gasteiger partial charge in [0, 0.05) is 17.5 Å². The van der Waals surface area contributed by atoms with Crippen molar-refractivity contribution in [1.29, 1.82) is 0 Å². The lowest BCUT2D eigenvalue weighted by atomic mass is 9.96. The fourth-order valence-corrected chi connectivity index (χ4v) is 2.97. The van der Waals surface area contributed by atoms with Crippen LogP contribution in [0.5, 0.6) is 0 Å². The maximum absolute atomic E-state index is 13.1. The molecule has 27 heavy (non-hydrogen) atoms. The van der Waals surface area contributed by atoms with Gasteiger partial charge in [-0.3, -0.25) is 14.9 Å². The van der Waals surface area contributed by atoms with Crippen LogP contribution in [0.3, 0.4) is 0 Å². The van der Waals surface area contributed by atoms with Crippen LogP contribution in [0.1, 0.15) is 36.6 Å². The average Bonchev–Trinajstić information content (AvgIpc) is 2.59. The van der Waals surface area contributed by atoms with Crippen LogP contribution in [0.2, 0.25) is 0 Å². The lowest BCUT2D eigenvalue weighted by Crippen LogP contribution is -2.88. The van der Waals surface area contributed by atoms with Crippen LogP contribution in [0.25, 0.3) is 0 Å². The van der Waals surface area contributed by atoms with E-state index >= 15 is 0 Å². The van der Waals surface area contributed by atoms with Gasteiger partial charge in [-0.25, -0.2) is 4.39 Å². The van der Waals surface area contributed by atoms with E-state index in [1.165, 1.54) is 18.2 Å². The third-order valence-corrected chi connectivity index (χ3v) is 4.61. The van der Waals surface area contributed by atoms with Crippen LogP contribution in [-0.2, 0) is 4.79 Å². The van der Waals surface area contributed by atoms with Crippen molar-refractivity contribution in [2.75, 3.05) is 11.9 Å². The van der Waals surface area contributed by atoms with Crippen LogP contribution < -0.4 is 10.6 Å². The van der Waals surface area contributed by atoms with Gasteiger partial charge in [-0.05, 0) is 43.2 Å². The molecule has 0 saturated heterocycles. The number of hydrogen-bond donors (Lipinski definition) is 2. The Hall–Kier alpha value is -2.80. The Bertz CT molecular complexity index is 835. The van der Waals surface area contributed by atoms with Gasteiger partial charge in [-0.1, -0.05) is 26.0 Å². The number of nitrogens with zero attached hydrogens (tertiary/aromatic N) is 1. The Balaban J connectivity index is 2.10. The third kappa shape index (κ3) is 5.34. The maximum atomic E-state index is 13.1. The van der Waals surface area contributed by atoms with Crippen LogP contribution in [0.15, 0.2) is 36.4 Å². The van der Waals surface area contributed by atoms with Crippen molar-refractivity contribution in [2.45, 2.75) is 33.7 Å². The predicted octanol–water partition coefficient (Wildman–Crippen LogP) is 3.25. The first-order valence-corrected chi connectivity index (χ1v) is 8.83. The molecule has 0 saturated carbocycles. The molecule has 0 aromatic heterocycles. The van der Waals surface area contributed by atoms with E-state index in [0.717, 1.165) is 16.7 Å². The lowest BCUT2D eigenvalue weighted by Gasteiger charge is -2.19. The zero-order chi connectivity index (χ0) is 20.1. The van der Waals surface area contributed by atoms with Gasteiger partial charge in [0.25, 0.3) is 11.6 Å². The van der Waals surface area contributed by atoms with Crippen molar-refractivity contribution < 1.29 is 19.4 Å². The molecule has 1 amide bonds. The lowest BCUT2D eigenvalue weighted by molar-refractivity contribution is -0.692. The highest BCUT2D eigenvalue weighted by molar-refractivity contribution is 5.93. The highest BCUT2D eigenvalue weighted by Gasteiger charge is 2.22. The number of nitrogens with two attached hydrogens (primary N) is 1. The number of nitro benzene ring substituents is 1. The minimum atomic E-state index is -0.499. The molecular weight excluding hydrogens is 349 g/mol. The summed E-state index contributed by atoms with van der Waals surface area (Å²) in [5.41, 5.74) is 2.67. The molecule has 7 heteroatoms. The van der Waals surface area contributed by atoms with Crippen molar-refractivity contribution in [3.05, 3.63) is 69.0 Å². The van der Waals surface area contributed by atoms with Crippen molar-refractivity contribution in [3.8, 4) is 0 Å². The first kappa shape index (κ1) is 20.5. The highest BCUT2D eigenvalue weighted by atomic mass is 19.1. The Morgan fingerprint density at radius 1 is 1.19 bits per heavy atom. The quantitative estimate of drug-likeness (QED) is 0.576. The minimum Gasteiger partial charge on any atom is -0.332 e. The number of nitro groups is 1. The van der Waals surface area contributed by atoms with E-state index in [1.807, 2.05) is 26.1 Å².